The van der Waals surface area contributed by atoms with Gasteiger partial charge in [0.2, 0.25) is 0 Å². The van der Waals surface area contributed by atoms with Crippen LogP contribution in [0, 0.1) is 0 Å². The number of hydrogen-bond donors (Lipinski definition) is 0. The van der Waals surface area contributed by atoms with Crippen molar-refractivity contribution in [2.45, 2.75) is 14.7 Å². The number of benzene rings is 12. The van der Waals surface area contributed by atoms with Crippen LogP contribution in [0.15, 0.2) is 178 Å². The van der Waals surface area contributed by atoms with Crippen molar-refractivity contribution >= 4 is 127 Å². The fourth-order valence-electron chi connectivity index (χ4n) is 8.78. The summed E-state index contributed by atoms with van der Waals surface area (Å²) in [6.45, 7) is 0. The van der Waals surface area contributed by atoms with Gasteiger partial charge in [-0.1, -0.05) is 146 Å². The summed E-state index contributed by atoms with van der Waals surface area (Å²) < 4.78 is 103. The maximum Gasteiger partial charge on any atom is 1.00 e. The minimum Gasteiger partial charge on any atom is -0.744 e. The summed E-state index contributed by atoms with van der Waals surface area (Å²) in [5, 5.41) is 16.1. The molecule has 0 saturated heterocycles. The van der Waals surface area contributed by atoms with E-state index in [0.29, 0.717) is 16.2 Å². The van der Waals surface area contributed by atoms with E-state index >= 15 is 0 Å². The van der Waals surface area contributed by atoms with Crippen molar-refractivity contribution in [3.8, 4) is 0 Å². The zero-order chi connectivity index (χ0) is 41.7. The van der Waals surface area contributed by atoms with E-state index in [1.165, 1.54) is 18.2 Å². The zero-order valence-corrected chi connectivity index (χ0v) is 42.4. The molecule has 0 aliphatic rings. The first-order chi connectivity index (χ1) is 28.7. The molecule has 12 aromatic rings. The van der Waals surface area contributed by atoms with E-state index in [4.69, 9.17) is 0 Å². The summed E-state index contributed by atoms with van der Waals surface area (Å²) in [6.07, 6.45) is 0. The molecular formula is C48H27Na3O9S3. The Hall–Kier alpha value is -3.51. The molecule has 0 fully saturated rings. The maximum absolute atomic E-state index is 11.4. The second kappa shape index (κ2) is 17.7. The third kappa shape index (κ3) is 8.35. The van der Waals surface area contributed by atoms with E-state index in [1.54, 1.807) is 36.4 Å². The molecule has 12 aromatic carbocycles. The van der Waals surface area contributed by atoms with Crippen LogP contribution in [0.3, 0.4) is 0 Å². The molecule has 0 aliphatic carbocycles. The standard InChI is InChI=1S/3C16H10O3S.3Na/c3*17-20(18,19)14-9-7-12-5-4-10-2-1-3-11-6-8-13(14)16(12)15(10)11;;;/h3*1-9H,(H,17,18,19);;;/q;;;3*+1/p-3. The van der Waals surface area contributed by atoms with Crippen LogP contribution < -0.4 is 88.7 Å². The molecule has 63 heavy (non-hydrogen) atoms. The Balaban J connectivity index is 0.000000138. The van der Waals surface area contributed by atoms with Gasteiger partial charge in [0.1, 0.15) is 30.4 Å². The minimum absolute atomic E-state index is 0. The van der Waals surface area contributed by atoms with Crippen molar-refractivity contribution < 1.29 is 128 Å². The van der Waals surface area contributed by atoms with E-state index in [-0.39, 0.29) is 103 Å². The molecule has 0 aliphatic heterocycles. The minimum atomic E-state index is -4.48. The predicted molar refractivity (Wildman–Crippen MR) is 234 cm³/mol. The molecule has 0 bridgehead atoms. The van der Waals surface area contributed by atoms with Gasteiger partial charge in [0.25, 0.3) is 0 Å². The van der Waals surface area contributed by atoms with Crippen molar-refractivity contribution in [1.82, 2.24) is 0 Å². The number of rotatable bonds is 3. The summed E-state index contributed by atoms with van der Waals surface area (Å²) in [4.78, 5) is -0.449. The van der Waals surface area contributed by atoms with Crippen molar-refractivity contribution in [2.24, 2.45) is 0 Å². The first-order valence-corrected chi connectivity index (χ1v) is 22.8. The summed E-state index contributed by atoms with van der Waals surface area (Å²) in [5.74, 6) is 0. The Kier molecular flexibility index (Phi) is 13.3. The molecule has 0 N–H and O–H groups in total. The van der Waals surface area contributed by atoms with E-state index in [2.05, 4.69) is 0 Å². The van der Waals surface area contributed by atoms with Crippen molar-refractivity contribution in [2.75, 3.05) is 0 Å². The summed E-state index contributed by atoms with van der Waals surface area (Å²) in [5.41, 5.74) is 0. The van der Waals surface area contributed by atoms with E-state index in [0.717, 1.165) is 80.8 Å². The van der Waals surface area contributed by atoms with Crippen LogP contribution in [-0.2, 0) is 30.4 Å². The molecule has 0 unspecified atom stereocenters. The molecule has 0 aromatic heterocycles. The van der Waals surface area contributed by atoms with Crippen LogP contribution in [-0.4, -0.2) is 38.9 Å². The van der Waals surface area contributed by atoms with E-state index in [1.807, 2.05) is 109 Å². The summed E-state index contributed by atoms with van der Waals surface area (Å²) in [6, 6.07) is 49.7. The van der Waals surface area contributed by atoms with Crippen molar-refractivity contribution in [3.63, 3.8) is 0 Å². The molecule has 0 atom stereocenters. The van der Waals surface area contributed by atoms with Gasteiger partial charge in [0, 0.05) is 16.2 Å². The van der Waals surface area contributed by atoms with Crippen LogP contribution >= 0.6 is 0 Å². The predicted octanol–water partition coefficient (Wildman–Crippen LogP) is 1.48. The van der Waals surface area contributed by atoms with Crippen molar-refractivity contribution in [1.29, 1.82) is 0 Å². The largest absolute Gasteiger partial charge is 1.00 e. The maximum atomic E-state index is 11.4. The second-order valence-corrected chi connectivity index (χ2v) is 18.7. The van der Waals surface area contributed by atoms with Gasteiger partial charge in [-0.2, -0.15) is 0 Å². The van der Waals surface area contributed by atoms with Gasteiger partial charge >= 0.3 is 88.7 Å². The van der Waals surface area contributed by atoms with Crippen LogP contribution in [0.25, 0.3) is 97.0 Å². The third-order valence-electron chi connectivity index (χ3n) is 11.3. The van der Waals surface area contributed by atoms with Crippen LogP contribution in [0.5, 0.6) is 0 Å². The molecule has 12 rings (SSSR count). The average Bonchev–Trinajstić information content (AvgIpc) is 3.23. The first-order valence-electron chi connectivity index (χ1n) is 18.5. The van der Waals surface area contributed by atoms with E-state index in [9.17, 15) is 38.9 Å². The Morgan fingerprint density at radius 2 is 0.413 bits per heavy atom. The summed E-state index contributed by atoms with van der Waals surface area (Å²) in [7, 11) is -13.4. The normalized spacial score (nSPS) is 12.0. The second-order valence-electron chi connectivity index (χ2n) is 14.6. The molecule has 0 spiro atoms. The van der Waals surface area contributed by atoms with Gasteiger partial charge in [0.15, 0.2) is 0 Å². The fraction of sp³-hybridized carbons (Fsp3) is 0. The van der Waals surface area contributed by atoms with Gasteiger partial charge in [-0.3, -0.25) is 0 Å². The fourth-order valence-corrected chi connectivity index (χ4v) is 10.8. The first kappa shape index (κ1) is 47.5. The Morgan fingerprint density at radius 3 is 0.619 bits per heavy atom. The van der Waals surface area contributed by atoms with Gasteiger partial charge in [0.05, 0.1) is 14.7 Å². The molecule has 0 radical (unpaired) electrons. The SMILES string of the molecule is O=S(=O)([O-])c1ccc2ccc3cccc4ccc1c2c34.O=S(=O)([O-])c1ccc2ccc3cccc4ccc1c2c34.O=S(=O)([O-])c1ccc2ccc3cccc4ccc1c2c34.[Na+].[Na+].[Na+]. The van der Waals surface area contributed by atoms with Gasteiger partial charge in [-0.25, -0.2) is 25.3 Å². The smallest absolute Gasteiger partial charge is 0.744 e. The van der Waals surface area contributed by atoms with Gasteiger partial charge < -0.3 is 13.7 Å². The Labute approximate surface area is 428 Å². The number of hydrogen-bond acceptors (Lipinski definition) is 9. The van der Waals surface area contributed by atoms with Crippen LogP contribution in [0.2, 0.25) is 0 Å². The van der Waals surface area contributed by atoms with Gasteiger partial charge in [-0.05, 0) is 99.0 Å². The average molecular weight is 913 g/mol. The monoisotopic (exact) mass is 912 g/mol. The Bertz CT molecular complexity index is 3580. The molecule has 294 valence electrons. The Morgan fingerprint density at radius 1 is 0.238 bits per heavy atom. The zero-order valence-electron chi connectivity index (χ0n) is 34.0. The third-order valence-corrected chi connectivity index (χ3v) is 14.0. The van der Waals surface area contributed by atoms with Crippen LogP contribution in [0.1, 0.15) is 0 Å². The van der Waals surface area contributed by atoms with E-state index < -0.39 is 30.4 Å². The van der Waals surface area contributed by atoms with Crippen molar-refractivity contribution in [3.05, 3.63) is 164 Å². The molecule has 15 heteroatoms. The van der Waals surface area contributed by atoms with Gasteiger partial charge in [-0.15, -0.1) is 0 Å². The topological polar surface area (TPSA) is 172 Å². The summed E-state index contributed by atoms with van der Waals surface area (Å²) >= 11 is 0. The molecule has 0 amide bonds. The quantitative estimate of drug-likeness (QED) is 0.145. The molecule has 0 saturated carbocycles. The van der Waals surface area contributed by atoms with Crippen LogP contribution in [0.4, 0.5) is 0 Å². The molecule has 0 heterocycles. The molecular weight excluding hydrogens is 886 g/mol. The molecule has 9 nitrogen and oxygen atoms in total.